The second-order valence-corrected chi connectivity index (χ2v) is 4.06. The molecule has 0 atom stereocenters. The molecule has 0 fully saturated rings. The third kappa shape index (κ3) is 4.48. The molecule has 0 spiro atoms. The molecule has 0 radical (unpaired) electrons. The zero-order valence-corrected chi connectivity index (χ0v) is 10.3. The minimum atomic E-state index is 1.06. The van der Waals surface area contributed by atoms with E-state index in [9.17, 15) is 0 Å². The van der Waals surface area contributed by atoms with Crippen LogP contribution < -0.4 is 0 Å². The predicted octanol–water partition coefficient (Wildman–Crippen LogP) is 5.23. The molecule has 0 aliphatic heterocycles. The zero-order chi connectivity index (χ0) is 11.6. The van der Waals surface area contributed by atoms with Crippen molar-refractivity contribution in [2.24, 2.45) is 0 Å². The smallest absolute Gasteiger partial charge is 0.0228 e. The van der Waals surface area contributed by atoms with E-state index < -0.39 is 0 Å². The minimum Gasteiger partial charge on any atom is -0.103 e. The van der Waals surface area contributed by atoms with Crippen LogP contribution >= 0.6 is 0 Å². The average molecular weight is 214 g/mol. The number of rotatable bonds is 7. The van der Waals surface area contributed by atoms with Crippen LogP contribution in [-0.4, -0.2) is 0 Å². The lowest BCUT2D eigenvalue weighted by Gasteiger charge is -2.06. The molecule has 0 saturated heterocycles. The van der Waals surface area contributed by atoms with Crippen LogP contribution in [0.5, 0.6) is 0 Å². The van der Waals surface area contributed by atoms with Gasteiger partial charge in [-0.25, -0.2) is 0 Å². The molecule has 0 N–H and O–H groups in total. The molecule has 0 aliphatic rings. The molecule has 0 unspecified atom stereocenters. The van der Waals surface area contributed by atoms with Gasteiger partial charge < -0.3 is 0 Å². The van der Waals surface area contributed by atoms with Crippen LogP contribution in [0.3, 0.4) is 0 Å². The topological polar surface area (TPSA) is 0 Å². The Bertz CT molecular complexity index is 319. The summed E-state index contributed by atoms with van der Waals surface area (Å²) in [5.74, 6) is 0. The largest absolute Gasteiger partial charge is 0.103 e. The van der Waals surface area contributed by atoms with Gasteiger partial charge in [0, 0.05) is 0 Å². The number of unbranched alkanes of at least 4 members (excludes halogenated alkanes) is 2. The molecule has 86 valence electrons. The molecule has 0 aromatic heterocycles. The Balaban J connectivity index is 2.70. The van der Waals surface area contributed by atoms with E-state index in [0.717, 1.165) is 12.8 Å². The summed E-state index contributed by atoms with van der Waals surface area (Å²) in [5.41, 5.74) is 2.83. The summed E-state index contributed by atoms with van der Waals surface area (Å²) in [5, 5.41) is 0. The van der Waals surface area contributed by atoms with Crippen molar-refractivity contribution in [3.05, 3.63) is 54.6 Å². The van der Waals surface area contributed by atoms with E-state index in [-0.39, 0.29) is 0 Å². The first-order chi connectivity index (χ1) is 7.88. The Labute approximate surface area is 99.7 Å². The van der Waals surface area contributed by atoms with Crippen LogP contribution in [0.15, 0.2) is 49.1 Å². The summed E-state index contributed by atoms with van der Waals surface area (Å²) < 4.78 is 0. The van der Waals surface area contributed by atoms with E-state index >= 15 is 0 Å². The highest BCUT2D eigenvalue weighted by molar-refractivity contribution is 5.65. The Hall–Kier alpha value is -1.30. The fraction of sp³-hybridized carbons (Fsp3) is 0.375. The molecule has 1 aromatic rings. The quantitative estimate of drug-likeness (QED) is 0.431. The maximum Gasteiger partial charge on any atom is -0.0228 e. The highest BCUT2D eigenvalue weighted by atomic mass is 14.0. The van der Waals surface area contributed by atoms with Crippen LogP contribution in [0.1, 0.15) is 44.6 Å². The van der Waals surface area contributed by atoms with E-state index in [0.29, 0.717) is 0 Å². The van der Waals surface area contributed by atoms with Gasteiger partial charge >= 0.3 is 0 Å². The van der Waals surface area contributed by atoms with Crippen molar-refractivity contribution < 1.29 is 0 Å². The van der Waals surface area contributed by atoms with Crippen molar-refractivity contribution in [3.8, 4) is 0 Å². The van der Waals surface area contributed by atoms with Gasteiger partial charge in [-0.15, -0.1) is 6.58 Å². The van der Waals surface area contributed by atoms with Crippen molar-refractivity contribution in [1.29, 1.82) is 0 Å². The lowest BCUT2D eigenvalue weighted by Crippen LogP contribution is -1.84. The molecule has 1 rings (SSSR count). The van der Waals surface area contributed by atoms with Crippen molar-refractivity contribution in [1.82, 2.24) is 0 Å². The second kappa shape index (κ2) is 7.92. The Morgan fingerprint density at radius 3 is 2.56 bits per heavy atom. The molecule has 0 aliphatic carbocycles. The zero-order valence-electron chi connectivity index (χ0n) is 10.3. The van der Waals surface area contributed by atoms with E-state index in [4.69, 9.17) is 0 Å². The van der Waals surface area contributed by atoms with Gasteiger partial charge in [0.05, 0.1) is 0 Å². The lowest BCUT2D eigenvalue weighted by atomic mass is 9.99. The summed E-state index contributed by atoms with van der Waals surface area (Å²) in [6.07, 6.45) is 10.3. The lowest BCUT2D eigenvalue weighted by molar-refractivity contribution is 0.813. The molecule has 0 bridgehead atoms. The second-order valence-electron chi connectivity index (χ2n) is 4.06. The molecule has 0 heterocycles. The normalized spacial score (nSPS) is 11.4. The fourth-order valence-corrected chi connectivity index (χ4v) is 1.75. The summed E-state index contributed by atoms with van der Waals surface area (Å²) in [6.45, 7) is 6.03. The molecule has 16 heavy (non-hydrogen) atoms. The fourth-order valence-electron chi connectivity index (χ4n) is 1.75. The first kappa shape index (κ1) is 12.8. The van der Waals surface area contributed by atoms with E-state index in [1.54, 1.807) is 0 Å². The van der Waals surface area contributed by atoms with Gasteiger partial charge in [0.25, 0.3) is 0 Å². The van der Waals surface area contributed by atoms with E-state index in [1.807, 2.05) is 6.08 Å². The van der Waals surface area contributed by atoms with Gasteiger partial charge in [-0.05, 0) is 30.4 Å². The maximum atomic E-state index is 3.80. The Kier molecular flexibility index (Phi) is 6.32. The van der Waals surface area contributed by atoms with Gasteiger partial charge in [-0.2, -0.15) is 0 Å². The van der Waals surface area contributed by atoms with Crippen LogP contribution in [-0.2, 0) is 0 Å². The summed E-state index contributed by atoms with van der Waals surface area (Å²) in [6, 6.07) is 10.7. The minimum absolute atomic E-state index is 1.06. The third-order valence-electron chi connectivity index (χ3n) is 2.71. The SMILES string of the molecule is C=CCC/C(=C/CCCC)c1ccccc1. The summed E-state index contributed by atoms with van der Waals surface area (Å²) >= 11 is 0. The monoisotopic (exact) mass is 214 g/mol. The average Bonchev–Trinajstić information content (AvgIpc) is 2.35. The van der Waals surface area contributed by atoms with Gasteiger partial charge in [-0.1, -0.05) is 62.2 Å². The number of hydrogen-bond donors (Lipinski definition) is 0. The molecule has 0 saturated carbocycles. The molecular weight excluding hydrogens is 192 g/mol. The first-order valence-electron chi connectivity index (χ1n) is 6.23. The van der Waals surface area contributed by atoms with E-state index in [2.05, 4.69) is 49.9 Å². The van der Waals surface area contributed by atoms with Gasteiger partial charge in [0.2, 0.25) is 0 Å². The third-order valence-corrected chi connectivity index (χ3v) is 2.71. The van der Waals surface area contributed by atoms with Crippen LogP contribution in [0.25, 0.3) is 5.57 Å². The number of benzene rings is 1. The molecule has 0 heteroatoms. The van der Waals surface area contributed by atoms with Crippen LogP contribution in [0.2, 0.25) is 0 Å². The van der Waals surface area contributed by atoms with Crippen LogP contribution in [0, 0.1) is 0 Å². The van der Waals surface area contributed by atoms with Crippen molar-refractivity contribution >= 4 is 5.57 Å². The molecule has 0 amide bonds. The van der Waals surface area contributed by atoms with Crippen molar-refractivity contribution in [3.63, 3.8) is 0 Å². The van der Waals surface area contributed by atoms with Gasteiger partial charge in [0.15, 0.2) is 0 Å². The highest BCUT2D eigenvalue weighted by Gasteiger charge is 1.99. The Morgan fingerprint density at radius 2 is 1.94 bits per heavy atom. The van der Waals surface area contributed by atoms with Gasteiger partial charge in [0.1, 0.15) is 0 Å². The number of allylic oxidation sites excluding steroid dienone is 3. The maximum absolute atomic E-state index is 3.80. The highest BCUT2D eigenvalue weighted by Crippen LogP contribution is 2.21. The first-order valence-corrected chi connectivity index (χ1v) is 6.23. The van der Waals surface area contributed by atoms with Crippen LogP contribution in [0.4, 0.5) is 0 Å². The number of hydrogen-bond acceptors (Lipinski definition) is 0. The van der Waals surface area contributed by atoms with Crippen molar-refractivity contribution in [2.45, 2.75) is 39.0 Å². The van der Waals surface area contributed by atoms with Gasteiger partial charge in [-0.3, -0.25) is 0 Å². The summed E-state index contributed by atoms with van der Waals surface area (Å²) in [7, 11) is 0. The van der Waals surface area contributed by atoms with Crippen molar-refractivity contribution in [2.75, 3.05) is 0 Å². The standard InChI is InChI=1S/C16H22/c1-3-5-8-12-15(11-6-4-2)16-13-9-7-10-14-16/h4,7,9-10,12-14H,2-3,5-6,8,11H2,1H3/b15-12-. The predicted molar refractivity (Wildman–Crippen MR) is 73.4 cm³/mol. The Morgan fingerprint density at radius 1 is 1.19 bits per heavy atom. The van der Waals surface area contributed by atoms with E-state index in [1.165, 1.54) is 30.4 Å². The summed E-state index contributed by atoms with van der Waals surface area (Å²) in [4.78, 5) is 0. The molecule has 1 aromatic carbocycles. The molecule has 0 nitrogen and oxygen atoms in total. The molecular formula is C16H22.